The van der Waals surface area contributed by atoms with Crippen molar-refractivity contribution in [1.29, 1.82) is 0 Å². The van der Waals surface area contributed by atoms with Gasteiger partial charge in [-0.1, -0.05) is 103 Å². The summed E-state index contributed by atoms with van der Waals surface area (Å²) in [6, 6.07) is 0. The summed E-state index contributed by atoms with van der Waals surface area (Å²) in [4.78, 5) is 11.0. The van der Waals surface area contributed by atoms with Crippen LogP contribution in [0.15, 0.2) is 0 Å². The Labute approximate surface area is 168 Å². The van der Waals surface area contributed by atoms with Crippen LogP contribution in [0.25, 0.3) is 0 Å². The third kappa shape index (κ3) is 22.0. The molecule has 0 fully saturated rings. The molecule has 146 valence electrons. The zero-order valence-electron chi connectivity index (χ0n) is 16.4. The van der Waals surface area contributed by atoms with Crippen LogP contribution in [-0.2, 0) is 9.53 Å². The molecular weight excluding hydrogens is 307 g/mol. The van der Waals surface area contributed by atoms with Crippen LogP contribution in [0.2, 0.25) is 0 Å². The Bertz CT molecular complexity index is 270. The van der Waals surface area contributed by atoms with Gasteiger partial charge in [-0.15, -0.1) is 0 Å². The van der Waals surface area contributed by atoms with Crippen LogP contribution >= 0.6 is 0 Å². The predicted octanol–water partition coefficient (Wildman–Crippen LogP) is 5.52. The number of ether oxygens (including phenoxy) is 1. The van der Waals surface area contributed by atoms with Gasteiger partial charge in [-0.3, -0.25) is 0 Å². The average Bonchev–Trinajstić information content (AvgIpc) is 2.57. The van der Waals surface area contributed by atoms with E-state index in [0.717, 1.165) is 12.8 Å². The minimum absolute atomic E-state index is 0. The summed E-state index contributed by atoms with van der Waals surface area (Å²) in [6.07, 6.45) is 20.4. The van der Waals surface area contributed by atoms with Crippen molar-refractivity contribution in [2.45, 2.75) is 123 Å². The van der Waals surface area contributed by atoms with Crippen LogP contribution in [-0.4, -0.2) is 42.6 Å². The van der Waals surface area contributed by atoms with E-state index in [1.165, 1.54) is 96.8 Å². The molecule has 0 aromatic rings. The summed E-state index contributed by atoms with van der Waals surface area (Å²) in [6.45, 7) is 4.16. The number of carbonyl (C=O) groups excluding carboxylic acids is 1. The third-order valence-corrected chi connectivity index (χ3v) is 4.58. The molecule has 0 aromatic carbocycles. The molecule has 0 amide bonds. The van der Waals surface area contributed by atoms with Crippen molar-refractivity contribution in [3.8, 4) is 0 Å². The van der Waals surface area contributed by atoms with E-state index in [4.69, 9.17) is 9.84 Å². The second-order valence-corrected chi connectivity index (χ2v) is 7.15. The van der Waals surface area contributed by atoms with Gasteiger partial charge >= 0.3 is 24.8 Å². The monoisotopic (exact) mass is 350 g/mol. The first-order valence-corrected chi connectivity index (χ1v) is 10.5. The van der Waals surface area contributed by atoms with Crippen LogP contribution in [0.1, 0.15) is 117 Å². The van der Waals surface area contributed by atoms with Crippen LogP contribution in [0.3, 0.4) is 0 Å². The SMILES string of the molecule is CCCCCCCCCCCCCCCCCCOC(=O)C(C)O.[LiH]. The third-order valence-electron chi connectivity index (χ3n) is 4.58. The van der Waals surface area contributed by atoms with Crippen LogP contribution < -0.4 is 0 Å². The van der Waals surface area contributed by atoms with Crippen molar-refractivity contribution >= 4 is 24.8 Å². The predicted molar refractivity (Wildman–Crippen MR) is 109 cm³/mol. The molecule has 25 heavy (non-hydrogen) atoms. The van der Waals surface area contributed by atoms with Crippen molar-refractivity contribution in [3.05, 3.63) is 0 Å². The van der Waals surface area contributed by atoms with Crippen LogP contribution in [0, 0.1) is 0 Å². The summed E-state index contributed by atoms with van der Waals surface area (Å²) < 4.78 is 4.93. The van der Waals surface area contributed by atoms with Gasteiger partial charge in [-0.25, -0.2) is 4.79 Å². The minimum atomic E-state index is -0.994. The molecule has 1 unspecified atom stereocenters. The summed E-state index contributed by atoms with van der Waals surface area (Å²) in [5, 5.41) is 8.98. The normalized spacial score (nSPS) is 11.8. The number of unbranched alkanes of at least 4 members (excludes halogenated alkanes) is 15. The zero-order chi connectivity index (χ0) is 17.9. The fourth-order valence-electron chi connectivity index (χ4n) is 2.94. The maximum absolute atomic E-state index is 11.0. The van der Waals surface area contributed by atoms with E-state index in [0.29, 0.717) is 6.61 Å². The van der Waals surface area contributed by atoms with Crippen LogP contribution in [0.5, 0.6) is 0 Å². The van der Waals surface area contributed by atoms with Gasteiger partial charge in [0.1, 0.15) is 6.10 Å². The molecule has 0 aromatic heterocycles. The Balaban J connectivity index is 0. The molecule has 0 saturated carbocycles. The zero-order valence-corrected chi connectivity index (χ0v) is 16.4. The van der Waals surface area contributed by atoms with E-state index >= 15 is 0 Å². The van der Waals surface area contributed by atoms with Gasteiger partial charge in [-0.2, -0.15) is 0 Å². The van der Waals surface area contributed by atoms with E-state index < -0.39 is 12.1 Å². The Hall–Kier alpha value is 0.0274. The quantitative estimate of drug-likeness (QED) is 0.201. The molecule has 1 atom stereocenters. The Morgan fingerprint density at radius 3 is 1.36 bits per heavy atom. The molecular formula is C21H43LiO3. The maximum atomic E-state index is 11.0. The fraction of sp³-hybridized carbons (Fsp3) is 0.952. The van der Waals surface area contributed by atoms with Crippen molar-refractivity contribution < 1.29 is 14.6 Å². The van der Waals surface area contributed by atoms with E-state index in [2.05, 4.69) is 6.92 Å². The summed E-state index contributed by atoms with van der Waals surface area (Å²) in [5.74, 6) is -0.504. The number of hydrogen-bond donors (Lipinski definition) is 1. The number of aliphatic hydroxyl groups excluding tert-OH is 1. The van der Waals surface area contributed by atoms with E-state index in [-0.39, 0.29) is 18.9 Å². The van der Waals surface area contributed by atoms with E-state index in [1.54, 1.807) is 0 Å². The number of carbonyl (C=O) groups is 1. The molecule has 0 saturated heterocycles. The summed E-state index contributed by atoms with van der Waals surface area (Å²) in [5.41, 5.74) is 0. The van der Waals surface area contributed by atoms with Gasteiger partial charge in [-0.05, 0) is 13.3 Å². The molecule has 0 bridgehead atoms. The number of aliphatic hydroxyl groups is 1. The Morgan fingerprint density at radius 2 is 1.04 bits per heavy atom. The second kappa shape index (κ2) is 22.1. The van der Waals surface area contributed by atoms with Crippen LogP contribution in [0.4, 0.5) is 0 Å². The molecule has 0 spiro atoms. The standard InChI is InChI=1S/C21H42O3.Li.H/c1-3-4-5-6-7-8-9-10-11-12-13-14-15-16-17-18-19-24-21(23)20(2)22;;/h20,22H,3-19H2,1-2H3;;. The molecule has 0 aliphatic heterocycles. The molecule has 4 heteroatoms. The Kier molecular flexibility index (Phi) is 24.1. The second-order valence-electron chi connectivity index (χ2n) is 7.15. The number of rotatable bonds is 18. The van der Waals surface area contributed by atoms with Crippen molar-refractivity contribution in [3.63, 3.8) is 0 Å². The first kappa shape index (κ1) is 27.2. The summed E-state index contributed by atoms with van der Waals surface area (Å²) in [7, 11) is 0. The molecule has 0 rings (SSSR count). The molecule has 0 radical (unpaired) electrons. The molecule has 0 aliphatic carbocycles. The average molecular weight is 351 g/mol. The first-order valence-electron chi connectivity index (χ1n) is 10.5. The molecule has 1 N–H and O–H groups in total. The molecule has 0 aliphatic rings. The van der Waals surface area contributed by atoms with Crippen molar-refractivity contribution in [2.75, 3.05) is 6.61 Å². The fourth-order valence-corrected chi connectivity index (χ4v) is 2.94. The molecule has 0 heterocycles. The first-order chi connectivity index (χ1) is 11.7. The van der Waals surface area contributed by atoms with Gasteiger partial charge < -0.3 is 9.84 Å². The van der Waals surface area contributed by atoms with Gasteiger partial charge in [0.25, 0.3) is 0 Å². The van der Waals surface area contributed by atoms with E-state index in [1.807, 2.05) is 0 Å². The van der Waals surface area contributed by atoms with Crippen molar-refractivity contribution in [1.82, 2.24) is 0 Å². The Morgan fingerprint density at radius 1 is 0.720 bits per heavy atom. The number of hydrogen-bond acceptors (Lipinski definition) is 3. The van der Waals surface area contributed by atoms with Gasteiger partial charge in [0.05, 0.1) is 6.61 Å². The van der Waals surface area contributed by atoms with Gasteiger partial charge in [0.15, 0.2) is 0 Å². The van der Waals surface area contributed by atoms with Gasteiger partial charge in [0.2, 0.25) is 0 Å². The number of esters is 1. The van der Waals surface area contributed by atoms with Gasteiger partial charge in [0, 0.05) is 0 Å². The van der Waals surface area contributed by atoms with E-state index in [9.17, 15) is 4.79 Å². The van der Waals surface area contributed by atoms with Crippen molar-refractivity contribution in [2.24, 2.45) is 0 Å². The molecule has 3 nitrogen and oxygen atoms in total. The summed E-state index contributed by atoms with van der Waals surface area (Å²) >= 11 is 0. The topological polar surface area (TPSA) is 46.5 Å².